The zero-order chi connectivity index (χ0) is 16.8. The zero-order valence-electron chi connectivity index (χ0n) is 14.0. The first-order chi connectivity index (χ1) is 11.0. The Hall–Kier alpha value is -0.820. The number of nitrogens with one attached hydrogen (secondary N) is 1. The number of anilines is 1. The van der Waals surface area contributed by atoms with Gasteiger partial charge >= 0.3 is 0 Å². The van der Waals surface area contributed by atoms with Gasteiger partial charge in [-0.15, -0.1) is 12.4 Å². The maximum absolute atomic E-state index is 12.1. The SMILES string of the molecule is COc1ccc(Cl)cc1N1CCC(NC(=O)[C@@H](N)CCSC)C1.Cl. The molecule has 1 aromatic carbocycles. The summed E-state index contributed by atoms with van der Waals surface area (Å²) in [5.41, 5.74) is 6.88. The van der Waals surface area contributed by atoms with Crippen LogP contribution in [-0.4, -0.2) is 50.2 Å². The fourth-order valence-corrected chi connectivity index (χ4v) is 3.35. The van der Waals surface area contributed by atoms with Crippen LogP contribution in [0.15, 0.2) is 18.2 Å². The van der Waals surface area contributed by atoms with Crippen LogP contribution in [0.5, 0.6) is 5.75 Å². The van der Waals surface area contributed by atoms with Gasteiger partial charge in [0.1, 0.15) is 5.75 Å². The number of carbonyl (C=O) groups excluding carboxylic acids is 1. The number of methoxy groups -OCH3 is 1. The van der Waals surface area contributed by atoms with E-state index in [1.54, 1.807) is 18.9 Å². The van der Waals surface area contributed by atoms with Gasteiger partial charge < -0.3 is 20.7 Å². The molecule has 0 aliphatic carbocycles. The Morgan fingerprint density at radius 1 is 1.58 bits per heavy atom. The van der Waals surface area contributed by atoms with Crippen LogP contribution in [0.2, 0.25) is 5.02 Å². The van der Waals surface area contributed by atoms with E-state index in [0.717, 1.165) is 36.7 Å². The standard InChI is InChI=1S/C16H24ClN3O2S.ClH/c1-22-15-4-3-11(17)9-14(15)20-7-5-12(10-20)19-16(21)13(18)6-8-23-2;/h3-4,9,12-13H,5-8,10,18H2,1-2H3,(H,19,21);1H/t12?,13-;/m0./s1. The summed E-state index contributed by atoms with van der Waals surface area (Å²) >= 11 is 7.79. The molecular formula is C16H25Cl2N3O2S. The van der Waals surface area contributed by atoms with Crippen LogP contribution in [-0.2, 0) is 4.79 Å². The predicted molar refractivity (Wildman–Crippen MR) is 105 cm³/mol. The van der Waals surface area contributed by atoms with Crippen LogP contribution in [0, 0.1) is 0 Å². The van der Waals surface area contributed by atoms with Crippen LogP contribution < -0.4 is 20.7 Å². The summed E-state index contributed by atoms with van der Waals surface area (Å²) in [7, 11) is 1.65. The van der Waals surface area contributed by atoms with Gasteiger partial charge in [-0.05, 0) is 43.0 Å². The summed E-state index contributed by atoms with van der Waals surface area (Å²) in [6, 6.07) is 5.24. The van der Waals surface area contributed by atoms with Gasteiger partial charge in [-0.2, -0.15) is 11.8 Å². The lowest BCUT2D eigenvalue weighted by Crippen LogP contribution is -2.46. The summed E-state index contributed by atoms with van der Waals surface area (Å²) in [5, 5.41) is 3.72. The average molecular weight is 394 g/mol. The Labute approximate surface area is 159 Å². The maximum atomic E-state index is 12.1. The minimum absolute atomic E-state index is 0. The molecule has 1 unspecified atom stereocenters. The van der Waals surface area contributed by atoms with Gasteiger partial charge in [-0.1, -0.05) is 11.6 Å². The third kappa shape index (κ3) is 5.62. The lowest BCUT2D eigenvalue weighted by atomic mass is 10.2. The largest absolute Gasteiger partial charge is 0.495 e. The molecule has 3 N–H and O–H groups in total. The van der Waals surface area contributed by atoms with E-state index in [1.807, 2.05) is 24.5 Å². The Bertz CT molecular complexity index is 548. The number of thioether (sulfide) groups is 1. The average Bonchev–Trinajstić information content (AvgIpc) is 3.00. The molecule has 1 fully saturated rings. The Morgan fingerprint density at radius 3 is 3.00 bits per heavy atom. The molecule has 24 heavy (non-hydrogen) atoms. The molecule has 0 radical (unpaired) electrons. The fraction of sp³-hybridized carbons (Fsp3) is 0.562. The van der Waals surface area contributed by atoms with Crippen molar-refractivity contribution in [2.45, 2.75) is 24.9 Å². The highest BCUT2D eigenvalue weighted by molar-refractivity contribution is 7.98. The number of benzene rings is 1. The van der Waals surface area contributed by atoms with Crippen molar-refractivity contribution in [1.82, 2.24) is 5.32 Å². The Kier molecular flexibility index (Phi) is 9.05. The first-order valence-corrected chi connectivity index (χ1v) is 9.45. The van der Waals surface area contributed by atoms with E-state index in [9.17, 15) is 4.79 Å². The van der Waals surface area contributed by atoms with Crippen molar-refractivity contribution in [3.63, 3.8) is 0 Å². The van der Waals surface area contributed by atoms with E-state index >= 15 is 0 Å². The van der Waals surface area contributed by atoms with Crippen LogP contribution in [0.3, 0.4) is 0 Å². The molecule has 1 aromatic rings. The quantitative estimate of drug-likeness (QED) is 0.744. The van der Waals surface area contributed by atoms with Crippen molar-refractivity contribution < 1.29 is 9.53 Å². The van der Waals surface area contributed by atoms with Crippen molar-refractivity contribution in [1.29, 1.82) is 0 Å². The predicted octanol–water partition coefficient (Wildman–Crippen LogP) is 2.55. The number of rotatable bonds is 7. The Balaban J connectivity index is 0.00000288. The highest BCUT2D eigenvalue weighted by Crippen LogP contribution is 2.33. The highest BCUT2D eigenvalue weighted by atomic mass is 35.5. The van der Waals surface area contributed by atoms with E-state index in [1.165, 1.54) is 0 Å². The van der Waals surface area contributed by atoms with Crippen molar-refractivity contribution in [2.24, 2.45) is 5.73 Å². The summed E-state index contributed by atoms with van der Waals surface area (Å²) in [5.74, 6) is 1.62. The topological polar surface area (TPSA) is 67.6 Å². The second-order valence-corrected chi connectivity index (χ2v) is 7.07. The van der Waals surface area contributed by atoms with Crippen molar-refractivity contribution >= 4 is 47.4 Å². The first kappa shape index (κ1) is 21.2. The van der Waals surface area contributed by atoms with Crippen LogP contribution in [0.1, 0.15) is 12.8 Å². The van der Waals surface area contributed by atoms with E-state index in [2.05, 4.69) is 10.2 Å². The van der Waals surface area contributed by atoms with Gasteiger partial charge in [0.2, 0.25) is 5.91 Å². The minimum atomic E-state index is -0.433. The molecular weight excluding hydrogens is 369 g/mol. The number of nitrogens with two attached hydrogens (primary N) is 1. The number of amides is 1. The summed E-state index contributed by atoms with van der Waals surface area (Å²) in [4.78, 5) is 14.3. The number of nitrogens with zero attached hydrogens (tertiary/aromatic N) is 1. The number of ether oxygens (including phenoxy) is 1. The van der Waals surface area contributed by atoms with Gasteiger partial charge in [0.05, 0.1) is 18.8 Å². The second kappa shape index (κ2) is 10.2. The van der Waals surface area contributed by atoms with Crippen LogP contribution >= 0.6 is 35.8 Å². The smallest absolute Gasteiger partial charge is 0.237 e. The summed E-state index contributed by atoms with van der Waals surface area (Å²) < 4.78 is 5.40. The van der Waals surface area contributed by atoms with E-state index in [4.69, 9.17) is 22.1 Å². The molecule has 1 saturated heterocycles. The second-order valence-electron chi connectivity index (χ2n) is 5.64. The zero-order valence-corrected chi connectivity index (χ0v) is 16.3. The summed E-state index contributed by atoms with van der Waals surface area (Å²) in [6.07, 6.45) is 3.60. The molecule has 1 heterocycles. The Morgan fingerprint density at radius 2 is 2.33 bits per heavy atom. The molecule has 2 atom stereocenters. The van der Waals surface area contributed by atoms with Crippen LogP contribution in [0.25, 0.3) is 0 Å². The van der Waals surface area contributed by atoms with Gasteiger partial charge in [-0.3, -0.25) is 4.79 Å². The maximum Gasteiger partial charge on any atom is 0.237 e. The van der Waals surface area contributed by atoms with Gasteiger partial charge in [0.15, 0.2) is 0 Å². The molecule has 5 nitrogen and oxygen atoms in total. The molecule has 1 aliphatic heterocycles. The lowest BCUT2D eigenvalue weighted by molar-refractivity contribution is -0.122. The number of hydrogen-bond donors (Lipinski definition) is 2. The van der Waals surface area contributed by atoms with Crippen molar-refractivity contribution in [2.75, 3.05) is 37.1 Å². The molecule has 0 saturated carbocycles. The van der Waals surface area contributed by atoms with Gasteiger partial charge in [0, 0.05) is 24.2 Å². The molecule has 2 rings (SSSR count). The van der Waals surface area contributed by atoms with Crippen molar-refractivity contribution in [3.05, 3.63) is 23.2 Å². The third-order valence-electron chi connectivity index (χ3n) is 3.99. The van der Waals surface area contributed by atoms with E-state index in [0.29, 0.717) is 11.4 Å². The normalized spacial score (nSPS) is 18.0. The summed E-state index contributed by atoms with van der Waals surface area (Å²) in [6.45, 7) is 1.58. The third-order valence-corrected chi connectivity index (χ3v) is 4.87. The number of carbonyl (C=O) groups is 1. The number of halogens is 2. The van der Waals surface area contributed by atoms with Gasteiger partial charge in [0.25, 0.3) is 0 Å². The van der Waals surface area contributed by atoms with Crippen LogP contribution in [0.4, 0.5) is 5.69 Å². The first-order valence-electron chi connectivity index (χ1n) is 7.68. The molecule has 1 aliphatic rings. The lowest BCUT2D eigenvalue weighted by Gasteiger charge is -2.22. The van der Waals surface area contributed by atoms with E-state index in [-0.39, 0.29) is 24.4 Å². The minimum Gasteiger partial charge on any atom is -0.495 e. The van der Waals surface area contributed by atoms with Gasteiger partial charge in [-0.25, -0.2) is 0 Å². The van der Waals surface area contributed by atoms with E-state index < -0.39 is 6.04 Å². The highest BCUT2D eigenvalue weighted by Gasteiger charge is 2.27. The molecule has 136 valence electrons. The molecule has 0 spiro atoms. The number of hydrogen-bond acceptors (Lipinski definition) is 5. The fourth-order valence-electron chi connectivity index (χ4n) is 2.69. The molecule has 0 aromatic heterocycles. The molecule has 1 amide bonds. The molecule has 0 bridgehead atoms. The monoisotopic (exact) mass is 393 g/mol. The molecule has 8 heteroatoms. The van der Waals surface area contributed by atoms with Crippen molar-refractivity contribution in [3.8, 4) is 5.75 Å².